The van der Waals surface area contributed by atoms with Crippen LogP contribution in [0.4, 0.5) is 0 Å². The minimum atomic E-state index is -0.0278. The van der Waals surface area contributed by atoms with Gasteiger partial charge in [-0.3, -0.25) is 4.79 Å². The summed E-state index contributed by atoms with van der Waals surface area (Å²) in [5.41, 5.74) is 2.54. The Hall–Kier alpha value is -1.76. The lowest BCUT2D eigenvalue weighted by atomic mass is 9.91. The average Bonchev–Trinajstić information content (AvgIpc) is 2.30. The number of benzene rings is 2. The number of hydrogen-bond donors (Lipinski definition) is 0. The van der Waals surface area contributed by atoms with E-state index in [9.17, 15) is 4.79 Å². The Morgan fingerprint density at radius 3 is 1.31 bits per heavy atom. The summed E-state index contributed by atoms with van der Waals surface area (Å²) in [5.74, 6) is -0.0278. The van der Waals surface area contributed by atoms with E-state index >= 15 is 0 Å². The van der Waals surface area contributed by atoms with Gasteiger partial charge in [-0.2, -0.15) is 0 Å². The summed E-state index contributed by atoms with van der Waals surface area (Å²) < 4.78 is 0. The third-order valence-electron chi connectivity index (χ3n) is 2.35. The van der Waals surface area contributed by atoms with Gasteiger partial charge < -0.3 is 0 Å². The molecular weight excluding hydrogens is 194 g/mol. The molecule has 4 radical (unpaired) electrons. The smallest absolute Gasteiger partial charge is 0.193 e. The average molecular weight is 202 g/mol. The van der Waals surface area contributed by atoms with Gasteiger partial charge in [-0.1, -0.05) is 59.5 Å². The summed E-state index contributed by atoms with van der Waals surface area (Å²) in [6, 6.07) is 13.7. The minimum absolute atomic E-state index is 0.0278. The summed E-state index contributed by atoms with van der Waals surface area (Å²) in [5, 5.41) is 0. The molecule has 0 saturated carbocycles. The molecule has 0 atom stereocenters. The third kappa shape index (κ3) is 2.25. The third-order valence-corrected chi connectivity index (χ3v) is 2.35. The van der Waals surface area contributed by atoms with Crippen LogP contribution in [-0.4, -0.2) is 21.5 Å². The normalized spacial score (nSPS) is 10.0. The van der Waals surface area contributed by atoms with Crippen molar-refractivity contribution in [1.29, 1.82) is 0 Å². The van der Waals surface area contributed by atoms with E-state index in [1.54, 1.807) is 48.5 Å². The lowest BCUT2D eigenvalue weighted by Crippen LogP contribution is -2.08. The largest absolute Gasteiger partial charge is 0.289 e. The van der Waals surface area contributed by atoms with Crippen LogP contribution in [0, 0.1) is 0 Å². The molecule has 0 heterocycles. The van der Waals surface area contributed by atoms with Crippen LogP contribution in [0.15, 0.2) is 48.5 Å². The van der Waals surface area contributed by atoms with Crippen molar-refractivity contribution in [3.63, 3.8) is 0 Å². The molecular formula is C13H8B2O. The first-order valence-corrected chi connectivity index (χ1v) is 4.92. The van der Waals surface area contributed by atoms with Gasteiger partial charge in [0.15, 0.2) is 5.78 Å². The predicted molar refractivity (Wildman–Crippen MR) is 67.1 cm³/mol. The lowest BCUT2D eigenvalue weighted by molar-refractivity contribution is 0.103. The van der Waals surface area contributed by atoms with Gasteiger partial charge in [0.25, 0.3) is 0 Å². The van der Waals surface area contributed by atoms with Crippen LogP contribution >= 0.6 is 0 Å². The molecule has 0 fully saturated rings. The molecule has 0 saturated heterocycles. The fourth-order valence-electron chi connectivity index (χ4n) is 1.44. The van der Waals surface area contributed by atoms with E-state index in [-0.39, 0.29) is 5.78 Å². The van der Waals surface area contributed by atoms with Crippen LogP contribution in [0.5, 0.6) is 0 Å². The molecule has 2 rings (SSSR count). The van der Waals surface area contributed by atoms with E-state index in [0.29, 0.717) is 22.1 Å². The van der Waals surface area contributed by atoms with E-state index in [1.807, 2.05) is 0 Å². The quantitative estimate of drug-likeness (QED) is 0.511. The van der Waals surface area contributed by atoms with Crippen LogP contribution in [0.25, 0.3) is 0 Å². The Balaban J connectivity index is 2.32. The lowest BCUT2D eigenvalue weighted by Gasteiger charge is -2.02. The Morgan fingerprint density at radius 1 is 0.688 bits per heavy atom. The predicted octanol–water partition coefficient (Wildman–Crippen LogP) is 0.505. The highest BCUT2D eigenvalue weighted by molar-refractivity contribution is 6.33. The Morgan fingerprint density at radius 2 is 1.00 bits per heavy atom. The second-order valence-corrected chi connectivity index (χ2v) is 3.57. The second kappa shape index (κ2) is 4.40. The fourth-order valence-corrected chi connectivity index (χ4v) is 1.44. The molecule has 2 aromatic rings. The van der Waals surface area contributed by atoms with Crippen LogP contribution in [0.1, 0.15) is 15.9 Å². The molecule has 16 heavy (non-hydrogen) atoms. The van der Waals surface area contributed by atoms with E-state index in [4.69, 9.17) is 15.7 Å². The first-order chi connectivity index (χ1) is 7.66. The summed E-state index contributed by atoms with van der Waals surface area (Å²) in [6.45, 7) is 0. The van der Waals surface area contributed by atoms with Gasteiger partial charge in [-0.05, 0) is 0 Å². The molecule has 1 nitrogen and oxygen atoms in total. The molecule has 0 aliphatic heterocycles. The fraction of sp³-hybridized carbons (Fsp3) is 0. The van der Waals surface area contributed by atoms with E-state index < -0.39 is 0 Å². The maximum atomic E-state index is 12.0. The Kier molecular flexibility index (Phi) is 2.95. The number of ketones is 1. The second-order valence-electron chi connectivity index (χ2n) is 3.57. The Bertz CT molecular complexity index is 453. The van der Waals surface area contributed by atoms with Crippen molar-refractivity contribution in [2.75, 3.05) is 0 Å². The minimum Gasteiger partial charge on any atom is -0.289 e. The number of carbonyl (C=O) groups is 1. The van der Waals surface area contributed by atoms with E-state index in [0.717, 1.165) is 0 Å². The molecule has 0 aliphatic carbocycles. The van der Waals surface area contributed by atoms with Crippen molar-refractivity contribution in [2.45, 2.75) is 0 Å². The number of rotatable bonds is 2. The zero-order valence-corrected chi connectivity index (χ0v) is 8.68. The van der Waals surface area contributed by atoms with Gasteiger partial charge in [0.2, 0.25) is 0 Å². The van der Waals surface area contributed by atoms with Crippen molar-refractivity contribution in [2.24, 2.45) is 0 Å². The molecule has 72 valence electrons. The molecule has 0 spiro atoms. The number of carbonyl (C=O) groups excluding carboxylic acids is 1. The van der Waals surface area contributed by atoms with Gasteiger partial charge in [-0.25, -0.2) is 0 Å². The van der Waals surface area contributed by atoms with Crippen LogP contribution in [0.3, 0.4) is 0 Å². The van der Waals surface area contributed by atoms with Gasteiger partial charge >= 0.3 is 0 Å². The number of hydrogen-bond acceptors (Lipinski definition) is 1. The zero-order valence-electron chi connectivity index (χ0n) is 8.68. The van der Waals surface area contributed by atoms with Crippen LogP contribution < -0.4 is 10.9 Å². The molecule has 0 amide bonds. The van der Waals surface area contributed by atoms with Crippen molar-refractivity contribution in [3.8, 4) is 0 Å². The summed E-state index contributed by atoms with van der Waals surface area (Å²) >= 11 is 0. The van der Waals surface area contributed by atoms with Gasteiger partial charge in [-0.15, -0.1) is 0 Å². The highest BCUT2D eigenvalue weighted by Gasteiger charge is 2.07. The molecule has 2 aromatic carbocycles. The van der Waals surface area contributed by atoms with Gasteiger partial charge in [0.05, 0.1) is 0 Å². The molecule has 0 bridgehead atoms. The summed E-state index contributed by atoms with van der Waals surface area (Å²) in [4.78, 5) is 12.0. The molecule has 0 unspecified atom stereocenters. The van der Waals surface area contributed by atoms with Gasteiger partial charge in [0.1, 0.15) is 15.7 Å². The SMILES string of the molecule is [B]c1ccc(C(=O)c2ccc([B])cc2)cc1. The highest BCUT2D eigenvalue weighted by Crippen LogP contribution is 2.07. The maximum absolute atomic E-state index is 12.0. The molecule has 0 N–H and O–H groups in total. The topological polar surface area (TPSA) is 17.1 Å². The standard InChI is InChI=1S/C13H8B2O/c14-11-5-1-9(2-6-11)13(16)10-3-7-12(15)8-4-10/h1-8H. The maximum Gasteiger partial charge on any atom is 0.193 e. The summed E-state index contributed by atoms with van der Waals surface area (Å²) in [7, 11) is 11.1. The van der Waals surface area contributed by atoms with Crippen LogP contribution in [0.2, 0.25) is 0 Å². The molecule has 3 heteroatoms. The van der Waals surface area contributed by atoms with Crippen molar-refractivity contribution in [3.05, 3.63) is 59.7 Å². The van der Waals surface area contributed by atoms with E-state index in [1.165, 1.54) is 0 Å². The first-order valence-electron chi connectivity index (χ1n) is 4.92. The van der Waals surface area contributed by atoms with Crippen molar-refractivity contribution < 1.29 is 4.79 Å². The van der Waals surface area contributed by atoms with Crippen LogP contribution in [-0.2, 0) is 0 Å². The zero-order chi connectivity index (χ0) is 11.5. The van der Waals surface area contributed by atoms with E-state index in [2.05, 4.69) is 0 Å². The van der Waals surface area contributed by atoms with Gasteiger partial charge in [0, 0.05) is 11.1 Å². The molecule has 0 aliphatic rings. The highest BCUT2D eigenvalue weighted by atomic mass is 16.1. The summed E-state index contributed by atoms with van der Waals surface area (Å²) in [6.07, 6.45) is 0. The Labute approximate surface area is 97.3 Å². The van der Waals surface area contributed by atoms with Crippen molar-refractivity contribution in [1.82, 2.24) is 0 Å². The monoisotopic (exact) mass is 202 g/mol. The molecule has 0 aromatic heterocycles. The van der Waals surface area contributed by atoms with Crippen molar-refractivity contribution >= 4 is 32.4 Å². The first kappa shape index (κ1) is 10.7.